The minimum absolute atomic E-state index is 0.482. The Bertz CT molecular complexity index is 349. The molecule has 76 valence electrons. The van der Waals surface area contributed by atoms with Crippen molar-refractivity contribution >= 4 is 5.91 Å². The summed E-state index contributed by atoms with van der Waals surface area (Å²) in [5.74, 6) is -0.0417. The molecule has 1 amide bonds. The molecule has 3 N–H and O–H groups in total. The van der Waals surface area contributed by atoms with Crippen LogP contribution in [0.15, 0.2) is 18.2 Å². The van der Waals surface area contributed by atoms with E-state index in [2.05, 4.69) is 0 Å². The maximum absolute atomic E-state index is 10.7. The molecular weight excluding hydrogens is 182 g/mol. The van der Waals surface area contributed by atoms with E-state index in [1.807, 2.05) is 6.92 Å². The van der Waals surface area contributed by atoms with Gasteiger partial charge in [-0.2, -0.15) is 0 Å². The van der Waals surface area contributed by atoms with Crippen LogP contribution >= 0.6 is 0 Å². The Labute approximate surface area is 82.3 Å². The van der Waals surface area contributed by atoms with Crippen LogP contribution in [0.1, 0.15) is 17.2 Å². The zero-order valence-electron chi connectivity index (χ0n) is 8.15. The number of carbonyl (C=O) groups is 1. The molecule has 0 aromatic heterocycles. The molecule has 0 spiro atoms. The molecule has 0 aliphatic carbocycles. The van der Waals surface area contributed by atoms with E-state index < -0.39 is 12.0 Å². The van der Waals surface area contributed by atoms with Gasteiger partial charge in [-0.05, 0) is 30.2 Å². The first-order valence-electron chi connectivity index (χ1n) is 4.18. The molecule has 4 nitrogen and oxygen atoms in total. The Balaban J connectivity index is 3.02. The first kappa shape index (κ1) is 10.5. The predicted octanol–water partition coefficient (Wildman–Crippen LogP) is 0.522. The SMILES string of the molecule is COc1ccc(C(O)C(N)=O)cc1C. The lowest BCUT2D eigenvalue weighted by atomic mass is 10.1. The van der Waals surface area contributed by atoms with Crippen molar-refractivity contribution in [3.05, 3.63) is 29.3 Å². The fourth-order valence-corrected chi connectivity index (χ4v) is 1.24. The average molecular weight is 195 g/mol. The van der Waals surface area contributed by atoms with Gasteiger partial charge >= 0.3 is 0 Å². The van der Waals surface area contributed by atoms with Crippen molar-refractivity contribution in [3.8, 4) is 5.75 Å². The zero-order valence-corrected chi connectivity index (χ0v) is 8.15. The van der Waals surface area contributed by atoms with Gasteiger partial charge in [0.05, 0.1) is 7.11 Å². The van der Waals surface area contributed by atoms with E-state index in [0.29, 0.717) is 11.3 Å². The lowest BCUT2D eigenvalue weighted by Crippen LogP contribution is -2.20. The number of primary amides is 1. The van der Waals surface area contributed by atoms with Crippen LogP contribution in [0, 0.1) is 6.92 Å². The van der Waals surface area contributed by atoms with Crippen LogP contribution in [0.2, 0.25) is 0 Å². The topological polar surface area (TPSA) is 72.6 Å². The van der Waals surface area contributed by atoms with Crippen LogP contribution in [0.5, 0.6) is 5.75 Å². The number of hydrogen-bond acceptors (Lipinski definition) is 3. The molecule has 0 aliphatic rings. The highest BCUT2D eigenvalue weighted by Gasteiger charge is 2.14. The first-order chi connectivity index (χ1) is 6.56. The Kier molecular flexibility index (Phi) is 3.09. The minimum atomic E-state index is -1.25. The highest BCUT2D eigenvalue weighted by atomic mass is 16.5. The third-order valence-corrected chi connectivity index (χ3v) is 2.00. The van der Waals surface area contributed by atoms with Crippen molar-refractivity contribution in [2.24, 2.45) is 5.73 Å². The summed E-state index contributed by atoms with van der Waals surface area (Å²) in [5.41, 5.74) is 6.30. The van der Waals surface area contributed by atoms with Crippen LogP contribution in [-0.4, -0.2) is 18.1 Å². The fourth-order valence-electron chi connectivity index (χ4n) is 1.24. The van der Waals surface area contributed by atoms with Gasteiger partial charge in [0.25, 0.3) is 5.91 Å². The summed E-state index contributed by atoms with van der Waals surface area (Å²) in [4.78, 5) is 10.7. The van der Waals surface area contributed by atoms with Crippen LogP contribution in [-0.2, 0) is 4.79 Å². The van der Waals surface area contributed by atoms with Crippen molar-refractivity contribution in [2.75, 3.05) is 7.11 Å². The van der Waals surface area contributed by atoms with E-state index in [1.165, 1.54) is 0 Å². The summed E-state index contributed by atoms with van der Waals surface area (Å²) in [6, 6.07) is 4.98. The second-order valence-corrected chi connectivity index (χ2v) is 3.03. The Morgan fingerprint density at radius 2 is 2.21 bits per heavy atom. The molecule has 0 bridgehead atoms. The molecule has 0 fully saturated rings. The first-order valence-corrected chi connectivity index (χ1v) is 4.18. The van der Waals surface area contributed by atoms with E-state index in [9.17, 15) is 9.90 Å². The summed E-state index contributed by atoms with van der Waals surface area (Å²) < 4.78 is 5.04. The second kappa shape index (κ2) is 4.11. The molecule has 1 aromatic rings. The Hall–Kier alpha value is -1.55. The predicted molar refractivity (Wildman–Crippen MR) is 51.9 cm³/mol. The maximum Gasteiger partial charge on any atom is 0.250 e. The van der Waals surface area contributed by atoms with Crippen LogP contribution in [0.4, 0.5) is 0 Å². The number of nitrogens with two attached hydrogens (primary N) is 1. The molecule has 1 unspecified atom stereocenters. The fraction of sp³-hybridized carbons (Fsp3) is 0.300. The summed E-state index contributed by atoms with van der Waals surface area (Å²) in [5, 5.41) is 9.37. The third kappa shape index (κ3) is 2.03. The number of aryl methyl sites for hydroxylation is 1. The lowest BCUT2D eigenvalue weighted by molar-refractivity contribution is -0.126. The number of benzene rings is 1. The molecular formula is C10H13NO3. The molecule has 0 aliphatic heterocycles. The average Bonchev–Trinajstić information content (AvgIpc) is 2.16. The van der Waals surface area contributed by atoms with Crippen LogP contribution in [0.3, 0.4) is 0 Å². The molecule has 0 saturated carbocycles. The van der Waals surface area contributed by atoms with Crippen LogP contribution in [0.25, 0.3) is 0 Å². The standard InChI is InChI=1S/C10H13NO3/c1-6-5-7(9(12)10(11)13)3-4-8(6)14-2/h3-5,9,12H,1-2H3,(H2,11,13). The van der Waals surface area contributed by atoms with Gasteiger partial charge in [-0.15, -0.1) is 0 Å². The summed E-state index contributed by atoms with van der Waals surface area (Å²) in [6.07, 6.45) is -1.25. The second-order valence-electron chi connectivity index (χ2n) is 3.03. The lowest BCUT2D eigenvalue weighted by Gasteiger charge is -2.10. The van der Waals surface area contributed by atoms with Gasteiger partial charge in [0.15, 0.2) is 6.10 Å². The molecule has 14 heavy (non-hydrogen) atoms. The third-order valence-electron chi connectivity index (χ3n) is 2.00. The monoisotopic (exact) mass is 195 g/mol. The number of rotatable bonds is 3. The van der Waals surface area contributed by atoms with E-state index in [0.717, 1.165) is 5.56 Å². The van der Waals surface area contributed by atoms with Crippen molar-refractivity contribution in [2.45, 2.75) is 13.0 Å². The number of ether oxygens (including phenoxy) is 1. The largest absolute Gasteiger partial charge is 0.496 e. The van der Waals surface area contributed by atoms with Gasteiger partial charge in [0, 0.05) is 0 Å². The van der Waals surface area contributed by atoms with E-state index >= 15 is 0 Å². The van der Waals surface area contributed by atoms with Crippen molar-refractivity contribution in [1.82, 2.24) is 0 Å². The number of amides is 1. The zero-order chi connectivity index (χ0) is 10.7. The number of aliphatic hydroxyl groups is 1. The Morgan fingerprint density at radius 3 is 2.64 bits per heavy atom. The van der Waals surface area contributed by atoms with E-state index in [1.54, 1.807) is 25.3 Å². The maximum atomic E-state index is 10.7. The van der Waals surface area contributed by atoms with Crippen molar-refractivity contribution in [1.29, 1.82) is 0 Å². The summed E-state index contributed by atoms with van der Waals surface area (Å²) in [7, 11) is 1.56. The quantitative estimate of drug-likeness (QED) is 0.738. The van der Waals surface area contributed by atoms with Gasteiger partial charge < -0.3 is 15.6 Å². The van der Waals surface area contributed by atoms with Crippen molar-refractivity contribution in [3.63, 3.8) is 0 Å². The van der Waals surface area contributed by atoms with Crippen molar-refractivity contribution < 1.29 is 14.6 Å². The van der Waals surface area contributed by atoms with Gasteiger partial charge in [0.2, 0.25) is 0 Å². The number of aliphatic hydroxyl groups excluding tert-OH is 1. The number of methoxy groups -OCH3 is 1. The minimum Gasteiger partial charge on any atom is -0.496 e. The van der Waals surface area contributed by atoms with Gasteiger partial charge in [0.1, 0.15) is 5.75 Å². The summed E-state index contributed by atoms with van der Waals surface area (Å²) >= 11 is 0. The number of carbonyl (C=O) groups excluding carboxylic acids is 1. The number of hydrogen-bond donors (Lipinski definition) is 2. The van der Waals surface area contributed by atoms with Gasteiger partial charge in [-0.3, -0.25) is 4.79 Å². The van der Waals surface area contributed by atoms with Gasteiger partial charge in [-0.1, -0.05) is 6.07 Å². The molecule has 1 aromatic carbocycles. The van der Waals surface area contributed by atoms with E-state index in [-0.39, 0.29) is 0 Å². The Morgan fingerprint density at radius 1 is 1.57 bits per heavy atom. The molecule has 1 rings (SSSR count). The summed E-state index contributed by atoms with van der Waals surface area (Å²) in [6.45, 7) is 1.83. The highest BCUT2D eigenvalue weighted by Crippen LogP contribution is 2.22. The highest BCUT2D eigenvalue weighted by molar-refractivity contribution is 5.80. The molecule has 0 radical (unpaired) electrons. The smallest absolute Gasteiger partial charge is 0.250 e. The van der Waals surface area contributed by atoms with Crippen LogP contribution < -0.4 is 10.5 Å². The molecule has 1 atom stereocenters. The molecule has 0 heterocycles. The molecule has 4 heteroatoms. The molecule has 0 saturated heterocycles. The van der Waals surface area contributed by atoms with Gasteiger partial charge in [-0.25, -0.2) is 0 Å². The normalized spacial score (nSPS) is 12.2. The van der Waals surface area contributed by atoms with E-state index in [4.69, 9.17) is 10.5 Å².